The molecule has 4 nitrogen and oxygen atoms in total. The van der Waals surface area contributed by atoms with Gasteiger partial charge in [-0.25, -0.2) is 4.68 Å². The molecule has 0 N–H and O–H groups in total. The van der Waals surface area contributed by atoms with Crippen LogP contribution in [-0.4, -0.2) is 21.4 Å². The maximum atomic E-state index is 5.55. The molecule has 0 bridgehead atoms. The van der Waals surface area contributed by atoms with E-state index in [1.165, 1.54) is 0 Å². The summed E-state index contributed by atoms with van der Waals surface area (Å²) in [7, 11) is 0. The molecule has 16 heavy (non-hydrogen) atoms. The maximum Gasteiger partial charge on any atom is 0.218 e. The van der Waals surface area contributed by atoms with Crippen molar-refractivity contribution < 1.29 is 4.74 Å². The highest BCUT2D eigenvalue weighted by molar-refractivity contribution is 9.11. The van der Waals surface area contributed by atoms with E-state index in [-0.39, 0.29) is 0 Å². The molecule has 0 amide bonds. The molecule has 0 spiro atoms. The molecule has 1 aromatic carbocycles. The lowest BCUT2D eigenvalue weighted by atomic mass is 10.3. The molecule has 0 aliphatic carbocycles. The summed E-state index contributed by atoms with van der Waals surface area (Å²) >= 11 is 6.51. The molecule has 0 aliphatic heterocycles. The number of rotatable bonds is 4. The highest BCUT2D eigenvalue weighted by atomic mass is 79.9. The molecule has 2 rings (SSSR count). The monoisotopic (exact) mass is 345 g/mol. The van der Waals surface area contributed by atoms with Crippen molar-refractivity contribution in [1.82, 2.24) is 14.8 Å². The van der Waals surface area contributed by atoms with Crippen LogP contribution < -0.4 is 4.74 Å². The van der Waals surface area contributed by atoms with E-state index in [0.29, 0.717) is 22.6 Å². The summed E-state index contributed by atoms with van der Waals surface area (Å²) in [5.74, 6) is 0.859. The molecule has 6 heteroatoms. The van der Waals surface area contributed by atoms with Gasteiger partial charge in [-0.15, -0.1) is 5.10 Å². The van der Waals surface area contributed by atoms with Gasteiger partial charge in [0.2, 0.25) is 4.73 Å². The van der Waals surface area contributed by atoms with Crippen molar-refractivity contribution in [2.24, 2.45) is 0 Å². The molecule has 1 heterocycles. The van der Waals surface area contributed by atoms with Gasteiger partial charge in [0.15, 0.2) is 4.73 Å². The van der Waals surface area contributed by atoms with Crippen LogP contribution in [0.1, 0.15) is 0 Å². The quantitative estimate of drug-likeness (QED) is 0.854. The average molecular weight is 347 g/mol. The van der Waals surface area contributed by atoms with Crippen molar-refractivity contribution in [1.29, 1.82) is 0 Å². The first kappa shape index (κ1) is 11.6. The fraction of sp³-hybridized carbons (Fsp3) is 0.200. The largest absolute Gasteiger partial charge is 0.492 e. The standard InChI is InChI=1S/C10H9Br2N3O/c11-9-13-10(12)15(14-9)6-7-16-8-4-2-1-3-5-8/h1-5H,6-7H2. The lowest BCUT2D eigenvalue weighted by molar-refractivity contribution is 0.289. The molecule has 2 aromatic rings. The Hall–Kier alpha value is -0.880. The van der Waals surface area contributed by atoms with Crippen molar-refractivity contribution in [3.05, 3.63) is 39.8 Å². The van der Waals surface area contributed by atoms with Crippen LogP contribution in [0.4, 0.5) is 0 Å². The molecular weight excluding hydrogens is 338 g/mol. The summed E-state index contributed by atoms with van der Waals surface area (Å²) in [6.45, 7) is 1.20. The fourth-order valence-electron chi connectivity index (χ4n) is 1.21. The van der Waals surface area contributed by atoms with Gasteiger partial charge >= 0.3 is 0 Å². The van der Waals surface area contributed by atoms with E-state index in [2.05, 4.69) is 41.9 Å². The average Bonchev–Trinajstić information content (AvgIpc) is 2.59. The van der Waals surface area contributed by atoms with E-state index in [1.807, 2.05) is 30.3 Å². The lowest BCUT2D eigenvalue weighted by Gasteiger charge is -2.05. The van der Waals surface area contributed by atoms with Crippen LogP contribution in [0.3, 0.4) is 0 Å². The van der Waals surface area contributed by atoms with Gasteiger partial charge in [0, 0.05) is 0 Å². The molecule has 0 radical (unpaired) electrons. The minimum atomic E-state index is 0.554. The predicted octanol–water partition coefficient (Wildman–Crippen LogP) is 2.88. The third kappa shape index (κ3) is 3.05. The first-order chi connectivity index (χ1) is 7.75. The van der Waals surface area contributed by atoms with Crippen LogP contribution >= 0.6 is 31.9 Å². The Labute approximate surface area is 110 Å². The minimum Gasteiger partial charge on any atom is -0.492 e. The first-order valence-corrected chi connectivity index (χ1v) is 6.28. The van der Waals surface area contributed by atoms with Crippen LogP contribution in [0.15, 0.2) is 39.8 Å². The second-order valence-corrected chi connectivity index (χ2v) is 4.45. The second kappa shape index (κ2) is 5.45. The molecule has 0 unspecified atom stereocenters. The first-order valence-electron chi connectivity index (χ1n) is 4.69. The third-order valence-electron chi connectivity index (χ3n) is 1.92. The molecule has 1 aromatic heterocycles. The highest BCUT2D eigenvalue weighted by Gasteiger charge is 2.04. The summed E-state index contributed by atoms with van der Waals surface area (Å²) in [5, 5.41) is 4.14. The molecule has 0 saturated heterocycles. The van der Waals surface area contributed by atoms with E-state index < -0.39 is 0 Å². The number of aromatic nitrogens is 3. The van der Waals surface area contributed by atoms with Crippen molar-refractivity contribution >= 4 is 31.9 Å². The topological polar surface area (TPSA) is 39.9 Å². The van der Waals surface area contributed by atoms with Crippen LogP contribution in [0.2, 0.25) is 0 Å². The zero-order valence-corrected chi connectivity index (χ0v) is 11.5. The number of para-hydroxylation sites is 1. The number of hydrogen-bond acceptors (Lipinski definition) is 3. The Morgan fingerprint density at radius 2 is 1.94 bits per heavy atom. The van der Waals surface area contributed by atoms with Crippen molar-refractivity contribution in [2.75, 3.05) is 6.61 Å². The van der Waals surface area contributed by atoms with Gasteiger partial charge in [-0.05, 0) is 44.0 Å². The Morgan fingerprint density at radius 3 is 2.56 bits per heavy atom. The van der Waals surface area contributed by atoms with Gasteiger partial charge in [-0.2, -0.15) is 4.98 Å². The normalized spacial score (nSPS) is 10.4. The third-order valence-corrected chi connectivity index (χ3v) is 2.84. The van der Waals surface area contributed by atoms with Crippen LogP contribution in [-0.2, 0) is 6.54 Å². The Balaban J connectivity index is 1.87. The summed E-state index contributed by atoms with van der Waals surface area (Å²) in [5.41, 5.74) is 0. The van der Waals surface area contributed by atoms with E-state index in [9.17, 15) is 0 Å². The number of ether oxygens (including phenoxy) is 1. The van der Waals surface area contributed by atoms with Crippen LogP contribution in [0.5, 0.6) is 5.75 Å². The van der Waals surface area contributed by atoms with E-state index >= 15 is 0 Å². The molecule has 0 aliphatic rings. The van der Waals surface area contributed by atoms with Crippen LogP contribution in [0, 0.1) is 0 Å². The predicted molar refractivity (Wildman–Crippen MR) is 67.4 cm³/mol. The smallest absolute Gasteiger partial charge is 0.218 e. The zero-order chi connectivity index (χ0) is 11.4. The Morgan fingerprint density at radius 1 is 1.19 bits per heavy atom. The Kier molecular flexibility index (Phi) is 3.95. The number of benzene rings is 1. The van der Waals surface area contributed by atoms with Gasteiger partial charge in [0.05, 0.1) is 6.54 Å². The van der Waals surface area contributed by atoms with E-state index in [4.69, 9.17) is 4.74 Å². The van der Waals surface area contributed by atoms with Crippen LogP contribution in [0.25, 0.3) is 0 Å². The molecule has 0 saturated carbocycles. The number of hydrogen-bond donors (Lipinski definition) is 0. The van der Waals surface area contributed by atoms with Gasteiger partial charge in [0.1, 0.15) is 12.4 Å². The summed E-state index contributed by atoms with van der Waals surface area (Å²) in [6.07, 6.45) is 0. The van der Waals surface area contributed by atoms with Gasteiger partial charge in [-0.3, -0.25) is 0 Å². The SMILES string of the molecule is Brc1nc(Br)n(CCOc2ccccc2)n1. The number of halogens is 2. The molecule has 0 fully saturated rings. The summed E-state index contributed by atoms with van der Waals surface area (Å²) in [6, 6.07) is 9.69. The molecule has 84 valence electrons. The Bertz CT molecular complexity index is 458. The summed E-state index contributed by atoms with van der Waals surface area (Å²) < 4.78 is 8.54. The van der Waals surface area contributed by atoms with Crippen molar-refractivity contribution in [3.63, 3.8) is 0 Å². The van der Waals surface area contributed by atoms with Gasteiger partial charge in [0.25, 0.3) is 0 Å². The van der Waals surface area contributed by atoms with E-state index in [1.54, 1.807) is 4.68 Å². The van der Waals surface area contributed by atoms with Gasteiger partial charge < -0.3 is 4.74 Å². The zero-order valence-electron chi connectivity index (χ0n) is 8.31. The lowest BCUT2D eigenvalue weighted by Crippen LogP contribution is -2.09. The molecule has 0 atom stereocenters. The van der Waals surface area contributed by atoms with E-state index in [0.717, 1.165) is 5.75 Å². The van der Waals surface area contributed by atoms with Crippen molar-refractivity contribution in [3.8, 4) is 5.75 Å². The second-order valence-electron chi connectivity index (χ2n) is 3.03. The summed E-state index contributed by atoms with van der Waals surface area (Å²) in [4.78, 5) is 4.07. The van der Waals surface area contributed by atoms with Gasteiger partial charge in [-0.1, -0.05) is 18.2 Å². The number of nitrogens with zero attached hydrogens (tertiary/aromatic N) is 3. The minimum absolute atomic E-state index is 0.554. The maximum absolute atomic E-state index is 5.55. The molecular formula is C10H9Br2N3O. The fourth-order valence-corrected chi connectivity index (χ4v) is 2.23. The van der Waals surface area contributed by atoms with Crippen molar-refractivity contribution in [2.45, 2.75) is 6.54 Å². The highest BCUT2D eigenvalue weighted by Crippen LogP contribution is 2.12.